The first kappa shape index (κ1) is 20.9. The maximum Gasteiger partial charge on any atom is 0.257 e. The summed E-state index contributed by atoms with van der Waals surface area (Å²) in [6.45, 7) is 0. The van der Waals surface area contributed by atoms with Crippen molar-refractivity contribution in [3.05, 3.63) is 94.0 Å². The van der Waals surface area contributed by atoms with Crippen LogP contribution in [0, 0.1) is 0 Å². The Morgan fingerprint density at radius 3 is 2.17 bits per heavy atom. The molecule has 0 bridgehead atoms. The van der Waals surface area contributed by atoms with Gasteiger partial charge in [0, 0.05) is 31.8 Å². The standard InChI is InChI=1S/C22H15Cl2N3OS2/c23-17-7-5-16(6-8-17)21-26-27-22(30-21)25-20(28)15-3-1-14(2-4-15)13-29-19-11-9-18(24)10-12-19/h1-12H,13H2,(H,25,27,28). The van der Waals surface area contributed by atoms with Gasteiger partial charge in [-0.1, -0.05) is 58.8 Å². The van der Waals surface area contributed by atoms with Gasteiger partial charge in [-0.25, -0.2) is 0 Å². The number of aromatic nitrogens is 2. The number of nitrogens with zero attached hydrogens (tertiary/aromatic N) is 2. The number of halogens is 2. The number of hydrogen-bond donors (Lipinski definition) is 1. The van der Waals surface area contributed by atoms with Crippen molar-refractivity contribution in [2.75, 3.05) is 5.32 Å². The number of carbonyl (C=O) groups is 1. The van der Waals surface area contributed by atoms with Gasteiger partial charge in [0.05, 0.1) is 0 Å². The van der Waals surface area contributed by atoms with Crippen LogP contribution >= 0.6 is 46.3 Å². The Hall–Kier alpha value is -2.38. The number of amides is 1. The quantitative estimate of drug-likeness (QED) is 0.305. The topological polar surface area (TPSA) is 54.9 Å². The predicted molar refractivity (Wildman–Crippen MR) is 126 cm³/mol. The zero-order chi connectivity index (χ0) is 20.9. The van der Waals surface area contributed by atoms with Crippen LogP contribution in [0.1, 0.15) is 15.9 Å². The summed E-state index contributed by atoms with van der Waals surface area (Å²) in [6, 6.07) is 22.6. The zero-order valence-corrected chi connectivity index (χ0v) is 18.7. The van der Waals surface area contributed by atoms with Gasteiger partial charge in [0.25, 0.3) is 5.91 Å². The summed E-state index contributed by atoms with van der Waals surface area (Å²) >= 11 is 14.9. The van der Waals surface area contributed by atoms with Gasteiger partial charge in [-0.3, -0.25) is 10.1 Å². The van der Waals surface area contributed by atoms with Gasteiger partial charge in [-0.15, -0.1) is 22.0 Å². The van der Waals surface area contributed by atoms with E-state index in [9.17, 15) is 4.79 Å². The molecule has 0 spiro atoms. The molecular weight excluding hydrogens is 457 g/mol. The predicted octanol–water partition coefficient (Wildman–Crippen LogP) is 7.06. The maximum absolute atomic E-state index is 12.5. The Morgan fingerprint density at radius 1 is 0.867 bits per heavy atom. The molecule has 0 radical (unpaired) electrons. The summed E-state index contributed by atoms with van der Waals surface area (Å²) in [7, 11) is 0. The number of rotatable bonds is 6. The van der Waals surface area contributed by atoms with Crippen molar-refractivity contribution in [3.63, 3.8) is 0 Å². The van der Waals surface area contributed by atoms with Crippen LogP contribution in [0.2, 0.25) is 10.0 Å². The molecule has 4 nitrogen and oxygen atoms in total. The van der Waals surface area contributed by atoms with E-state index < -0.39 is 0 Å². The molecule has 0 fully saturated rings. The Bertz CT molecular complexity index is 1140. The molecule has 1 N–H and O–H groups in total. The first-order chi connectivity index (χ1) is 14.6. The van der Waals surface area contributed by atoms with E-state index in [1.54, 1.807) is 23.9 Å². The van der Waals surface area contributed by atoms with Gasteiger partial charge in [0.1, 0.15) is 5.01 Å². The fourth-order valence-corrected chi connectivity index (χ4v) is 4.45. The molecule has 0 aliphatic carbocycles. The average molecular weight is 472 g/mol. The Balaban J connectivity index is 1.35. The fraction of sp³-hybridized carbons (Fsp3) is 0.0455. The van der Waals surface area contributed by atoms with Crippen molar-refractivity contribution >= 4 is 57.3 Å². The van der Waals surface area contributed by atoms with E-state index in [0.717, 1.165) is 31.8 Å². The van der Waals surface area contributed by atoms with Crippen LogP contribution in [0.25, 0.3) is 10.6 Å². The van der Waals surface area contributed by atoms with Crippen molar-refractivity contribution in [1.29, 1.82) is 0 Å². The number of nitrogens with one attached hydrogen (secondary N) is 1. The molecule has 0 saturated heterocycles. The number of anilines is 1. The molecule has 4 aromatic rings. The largest absolute Gasteiger partial charge is 0.296 e. The maximum atomic E-state index is 12.5. The Morgan fingerprint density at radius 2 is 1.50 bits per heavy atom. The van der Waals surface area contributed by atoms with Gasteiger partial charge < -0.3 is 0 Å². The van der Waals surface area contributed by atoms with Crippen LogP contribution in [0.3, 0.4) is 0 Å². The fourth-order valence-electron chi connectivity index (χ4n) is 2.60. The van der Waals surface area contributed by atoms with Crippen LogP contribution in [-0.2, 0) is 5.75 Å². The van der Waals surface area contributed by atoms with Gasteiger partial charge in [0.15, 0.2) is 0 Å². The monoisotopic (exact) mass is 471 g/mol. The van der Waals surface area contributed by atoms with E-state index >= 15 is 0 Å². The highest BCUT2D eigenvalue weighted by Crippen LogP contribution is 2.28. The van der Waals surface area contributed by atoms with Crippen molar-refractivity contribution in [2.45, 2.75) is 10.6 Å². The average Bonchev–Trinajstić information content (AvgIpc) is 3.22. The number of carbonyl (C=O) groups excluding carboxylic acids is 1. The van der Waals surface area contributed by atoms with Gasteiger partial charge in [0.2, 0.25) is 5.13 Å². The minimum atomic E-state index is -0.217. The van der Waals surface area contributed by atoms with E-state index in [4.69, 9.17) is 23.2 Å². The highest BCUT2D eigenvalue weighted by Gasteiger charge is 2.11. The first-order valence-electron chi connectivity index (χ1n) is 8.95. The molecule has 3 aromatic carbocycles. The molecule has 30 heavy (non-hydrogen) atoms. The molecule has 1 aromatic heterocycles. The van der Waals surface area contributed by atoms with Crippen LogP contribution in [0.15, 0.2) is 77.7 Å². The minimum absolute atomic E-state index is 0.217. The Labute approximate surface area is 192 Å². The summed E-state index contributed by atoms with van der Waals surface area (Å²) < 4.78 is 0. The third kappa shape index (κ3) is 5.40. The zero-order valence-electron chi connectivity index (χ0n) is 15.5. The minimum Gasteiger partial charge on any atom is -0.296 e. The van der Waals surface area contributed by atoms with E-state index in [-0.39, 0.29) is 5.91 Å². The van der Waals surface area contributed by atoms with Crippen molar-refractivity contribution in [1.82, 2.24) is 10.2 Å². The second-order valence-corrected chi connectivity index (χ2v) is 9.21. The molecule has 150 valence electrons. The molecule has 0 aliphatic heterocycles. The lowest BCUT2D eigenvalue weighted by atomic mass is 10.1. The van der Waals surface area contributed by atoms with E-state index in [2.05, 4.69) is 15.5 Å². The molecule has 1 amide bonds. The van der Waals surface area contributed by atoms with Crippen molar-refractivity contribution < 1.29 is 4.79 Å². The van der Waals surface area contributed by atoms with Crippen molar-refractivity contribution in [3.8, 4) is 10.6 Å². The molecule has 0 unspecified atom stereocenters. The van der Waals surface area contributed by atoms with Gasteiger partial charge in [-0.05, 0) is 54.1 Å². The molecular formula is C22H15Cl2N3OS2. The summed E-state index contributed by atoms with van der Waals surface area (Å²) in [5.41, 5.74) is 2.60. The summed E-state index contributed by atoms with van der Waals surface area (Å²) in [6.07, 6.45) is 0. The van der Waals surface area contributed by atoms with Crippen molar-refractivity contribution in [2.24, 2.45) is 0 Å². The van der Waals surface area contributed by atoms with Gasteiger partial charge in [-0.2, -0.15) is 0 Å². The highest BCUT2D eigenvalue weighted by molar-refractivity contribution is 7.98. The molecule has 8 heteroatoms. The van der Waals surface area contributed by atoms with Crippen LogP contribution < -0.4 is 5.32 Å². The second-order valence-electron chi connectivity index (χ2n) is 6.31. The molecule has 0 aliphatic rings. The lowest BCUT2D eigenvalue weighted by Gasteiger charge is -2.05. The lowest BCUT2D eigenvalue weighted by Crippen LogP contribution is -2.11. The Kier molecular flexibility index (Phi) is 6.69. The van der Waals surface area contributed by atoms with E-state index in [1.165, 1.54) is 11.3 Å². The summed E-state index contributed by atoms with van der Waals surface area (Å²) in [4.78, 5) is 13.7. The smallest absolute Gasteiger partial charge is 0.257 e. The summed E-state index contributed by atoms with van der Waals surface area (Å²) in [5.74, 6) is 0.593. The molecule has 4 rings (SSSR count). The summed E-state index contributed by atoms with van der Waals surface area (Å²) in [5, 5.41) is 13.6. The van der Waals surface area contributed by atoms with Crippen LogP contribution in [-0.4, -0.2) is 16.1 Å². The van der Waals surface area contributed by atoms with Crippen LogP contribution in [0.5, 0.6) is 0 Å². The molecule has 1 heterocycles. The third-order valence-corrected chi connectivity index (χ3v) is 6.65. The SMILES string of the molecule is O=C(Nc1nnc(-c2ccc(Cl)cc2)s1)c1ccc(CSc2ccc(Cl)cc2)cc1. The second kappa shape index (κ2) is 9.62. The normalized spacial score (nSPS) is 10.7. The van der Waals surface area contributed by atoms with Gasteiger partial charge >= 0.3 is 0 Å². The number of thioether (sulfide) groups is 1. The first-order valence-corrected chi connectivity index (χ1v) is 11.5. The number of hydrogen-bond acceptors (Lipinski definition) is 5. The molecule has 0 atom stereocenters. The third-order valence-electron chi connectivity index (χ3n) is 4.17. The molecule has 0 saturated carbocycles. The number of benzene rings is 3. The van der Waals surface area contributed by atoms with E-state index in [1.807, 2.05) is 60.7 Å². The lowest BCUT2D eigenvalue weighted by molar-refractivity contribution is 0.102. The van der Waals surface area contributed by atoms with E-state index in [0.29, 0.717) is 15.7 Å². The highest BCUT2D eigenvalue weighted by atomic mass is 35.5. The van der Waals surface area contributed by atoms with Crippen LogP contribution in [0.4, 0.5) is 5.13 Å².